The van der Waals surface area contributed by atoms with Crippen molar-refractivity contribution >= 4 is 34.8 Å². The van der Waals surface area contributed by atoms with Crippen LogP contribution < -0.4 is 15.4 Å². The standard InChI is InChI=1S/C24H21N3O9/c1-12(2)36-21-9-13(24(32)33)3-8-18(21)26-23(31)16-6-4-14(10-19(16)28)25-22(30)17-7-5-15(27(34)35)11-20(17)29/h3-12,28-29H,1-2H3,(H,25,30)(H,26,31)(H,32,33). The molecule has 3 rings (SSSR count). The van der Waals surface area contributed by atoms with Gasteiger partial charge in [0.2, 0.25) is 0 Å². The molecule has 36 heavy (non-hydrogen) atoms. The predicted octanol–water partition coefficient (Wildman–Crippen LogP) is 4.00. The van der Waals surface area contributed by atoms with Crippen LogP contribution in [0.1, 0.15) is 44.9 Å². The van der Waals surface area contributed by atoms with Crippen molar-refractivity contribution in [2.24, 2.45) is 0 Å². The van der Waals surface area contributed by atoms with Gasteiger partial charge in [-0.2, -0.15) is 0 Å². The average Bonchev–Trinajstić information content (AvgIpc) is 2.79. The molecule has 12 nitrogen and oxygen atoms in total. The fourth-order valence-corrected chi connectivity index (χ4v) is 3.13. The number of carbonyl (C=O) groups excluding carboxylic acids is 2. The normalized spacial score (nSPS) is 10.5. The van der Waals surface area contributed by atoms with E-state index >= 15 is 0 Å². The maximum atomic E-state index is 12.8. The number of phenolic OH excluding ortho intramolecular Hbond substituents is 2. The number of rotatable bonds is 8. The Labute approximate surface area is 203 Å². The SMILES string of the molecule is CC(C)Oc1cc(C(=O)O)ccc1NC(=O)c1ccc(NC(=O)c2ccc([N+](=O)[O-])cc2O)cc1O. The van der Waals surface area contributed by atoms with Crippen LogP contribution in [0, 0.1) is 10.1 Å². The molecule has 5 N–H and O–H groups in total. The molecule has 0 aromatic heterocycles. The number of carbonyl (C=O) groups is 3. The number of hydrogen-bond donors (Lipinski definition) is 5. The molecular weight excluding hydrogens is 474 g/mol. The quantitative estimate of drug-likeness (QED) is 0.227. The van der Waals surface area contributed by atoms with Crippen LogP contribution in [0.25, 0.3) is 0 Å². The first-order valence-electron chi connectivity index (χ1n) is 10.4. The molecule has 12 heteroatoms. The van der Waals surface area contributed by atoms with E-state index in [0.717, 1.165) is 24.3 Å². The third-order valence-electron chi connectivity index (χ3n) is 4.78. The molecule has 0 aliphatic carbocycles. The molecule has 0 bridgehead atoms. The number of aromatic carboxylic acids is 1. The van der Waals surface area contributed by atoms with Gasteiger partial charge in [-0.05, 0) is 50.2 Å². The van der Waals surface area contributed by atoms with Gasteiger partial charge in [-0.25, -0.2) is 4.79 Å². The fraction of sp³-hybridized carbons (Fsp3) is 0.125. The number of nitrogens with zero attached hydrogens (tertiary/aromatic N) is 1. The van der Waals surface area contributed by atoms with Crippen LogP contribution in [0.4, 0.5) is 17.1 Å². The lowest BCUT2D eigenvalue weighted by atomic mass is 10.1. The number of carboxylic acids is 1. The number of carboxylic acid groups (broad SMARTS) is 1. The Morgan fingerprint density at radius 3 is 2.06 bits per heavy atom. The molecule has 0 radical (unpaired) electrons. The van der Waals surface area contributed by atoms with Gasteiger partial charge in [-0.15, -0.1) is 0 Å². The second kappa shape index (κ2) is 10.4. The lowest BCUT2D eigenvalue weighted by Crippen LogP contribution is -2.16. The van der Waals surface area contributed by atoms with Crippen LogP contribution in [-0.2, 0) is 0 Å². The predicted molar refractivity (Wildman–Crippen MR) is 128 cm³/mol. The Morgan fingerprint density at radius 1 is 0.889 bits per heavy atom. The molecule has 0 saturated carbocycles. The maximum absolute atomic E-state index is 12.8. The zero-order valence-electron chi connectivity index (χ0n) is 19.0. The van der Waals surface area contributed by atoms with E-state index in [-0.39, 0.29) is 39.9 Å². The first-order valence-corrected chi connectivity index (χ1v) is 10.4. The molecule has 0 aliphatic rings. The lowest BCUT2D eigenvalue weighted by molar-refractivity contribution is -0.384. The smallest absolute Gasteiger partial charge is 0.335 e. The van der Waals surface area contributed by atoms with Gasteiger partial charge in [0.1, 0.15) is 17.2 Å². The minimum Gasteiger partial charge on any atom is -0.507 e. The first-order chi connectivity index (χ1) is 17.0. The summed E-state index contributed by atoms with van der Waals surface area (Å²) >= 11 is 0. The topological polar surface area (TPSA) is 188 Å². The summed E-state index contributed by atoms with van der Waals surface area (Å²) in [6, 6.07) is 10.6. The number of anilines is 2. The summed E-state index contributed by atoms with van der Waals surface area (Å²) in [6.45, 7) is 3.46. The van der Waals surface area contributed by atoms with Crippen molar-refractivity contribution in [2.75, 3.05) is 10.6 Å². The number of amides is 2. The molecule has 3 aromatic carbocycles. The largest absolute Gasteiger partial charge is 0.507 e. The minimum absolute atomic E-state index is 0.0364. The monoisotopic (exact) mass is 495 g/mol. The van der Waals surface area contributed by atoms with Crippen molar-refractivity contribution < 1.29 is 39.4 Å². The summed E-state index contributed by atoms with van der Waals surface area (Å²) in [7, 11) is 0. The van der Waals surface area contributed by atoms with Crippen molar-refractivity contribution in [2.45, 2.75) is 20.0 Å². The van der Waals surface area contributed by atoms with Crippen LogP contribution >= 0.6 is 0 Å². The van der Waals surface area contributed by atoms with Crippen molar-refractivity contribution in [1.29, 1.82) is 0 Å². The van der Waals surface area contributed by atoms with Gasteiger partial charge >= 0.3 is 5.97 Å². The van der Waals surface area contributed by atoms with Gasteiger partial charge in [0.05, 0.1) is 39.5 Å². The third-order valence-corrected chi connectivity index (χ3v) is 4.78. The molecular formula is C24H21N3O9. The number of phenols is 2. The van der Waals surface area contributed by atoms with Crippen molar-refractivity contribution in [3.8, 4) is 17.2 Å². The number of nitrogens with one attached hydrogen (secondary N) is 2. The van der Waals surface area contributed by atoms with E-state index in [0.29, 0.717) is 0 Å². The molecule has 0 saturated heterocycles. The summed E-state index contributed by atoms with van der Waals surface area (Å²) in [5, 5.41) is 45.2. The Bertz CT molecular complexity index is 1370. The number of ether oxygens (including phenoxy) is 1. The van der Waals surface area contributed by atoms with Gasteiger partial charge in [0.15, 0.2) is 0 Å². The second-order valence-corrected chi connectivity index (χ2v) is 7.78. The molecule has 0 fully saturated rings. The van der Waals surface area contributed by atoms with E-state index in [1.165, 1.54) is 30.3 Å². The van der Waals surface area contributed by atoms with Crippen LogP contribution in [0.5, 0.6) is 17.2 Å². The van der Waals surface area contributed by atoms with Gasteiger partial charge in [-0.3, -0.25) is 19.7 Å². The Hall–Kier alpha value is -5.13. The number of aromatic hydroxyl groups is 2. The Kier molecular flexibility index (Phi) is 7.38. The number of nitro benzene ring substituents is 1. The number of nitro groups is 1. The van der Waals surface area contributed by atoms with E-state index in [1.54, 1.807) is 13.8 Å². The summed E-state index contributed by atoms with van der Waals surface area (Å²) in [5.41, 5.74) is -0.541. The van der Waals surface area contributed by atoms with Crippen molar-refractivity contribution in [1.82, 2.24) is 0 Å². The van der Waals surface area contributed by atoms with E-state index in [1.807, 2.05) is 0 Å². The molecule has 2 amide bonds. The highest BCUT2D eigenvalue weighted by Gasteiger charge is 2.19. The minimum atomic E-state index is -1.17. The summed E-state index contributed by atoms with van der Waals surface area (Å²) < 4.78 is 5.59. The molecule has 3 aromatic rings. The first kappa shape index (κ1) is 25.5. The van der Waals surface area contributed by atoms with E-state index < -0.39 is 39.9 Å². The molecule has 0 aliphatic heterocycles. The highest BCUT2D eigenvalue weighted by atomic mass is 16.6. The van der Waals surface area contributed by atoms with Crippen LogP contribution in [0.3, 0.4) is 0 Å². The summed E-state index contributed by atoms with van der Waals surface area (Å²) in [4.78, 5) is 46.5. The van der Waals surface area contributed by atoms with E-state index in [9.17, 15) is 39.8 Å². The zero-order valence-corrected chi connectivity index (χ0v) is 19.0. The van der Waals surface area contributed by atoms with Crippen molar-refractivity contribution in [3.63, 3.8) is 0 Å². The maximum Gasteiger partial charge on any atom is 0.335 e. The molecule has 0 unspecified atom stereocenters. The third kappa shape index (κ3) is 5.86. The summed E-state index contributed by atoms with van der Waals surface area (Å²) in [6.07, 6.45) is -0.309. The second-order valence-electron chi connectivity index (χ2n) is 7.78. The van der Waals surface area contributed by atoms with Gasteiger partial charge < -0.3 is 30.7 Å². The van der Waals surface area contributed by atoms with Gasteiger partial charge in [0, 0.05) is 17.8 Å². The summed E-state index contributed by atoms with van der Waals surface area (Å²) in [5.74, 6) is -3.65. The Morgan fingerprint density at radius 2 is 1.50 bits per heavy atom. The number of benzene rings is 3. The highest BCUT2D eigenvalue weighted by molar-refractivity contribution is 6.09. The van der Waals surface area contributed by atoms with Crippen LogP contribution in [-0.4, -0.2) is 44.1 Å². The van der Waals surface area contributed by atoms with Gasteiger partial charge in [-0.1, -0.05) is 0 Å². The highest BCUT2D eigenvalue weighted by Crippen LogP contribution is 2.30. The lowest BCUT2D eigenvalue weighted by Gasteiger charge is -2.16. The zero-order chi connectivity index (χ0) is 26.6. The average molecular weight is 495 g/mol. The van der Waals surface area contributed by atoms with Crippen LogP contribution in [0.2, 0.25) is 0 Å². The fourth-order valence-electron chi connectivity index (χ4n) is 3.13. The van der Waals surface area contributed by atoms with Crippen LogP contribution in [0.15, 0.2) is 54.6 Å². The molecule has 0 heterocycles. The number of hydrogen-bond acceptors (Lipinski definition) is 8. The van der Waals surface area contributed by atoms with E-state index in [4.69, 9.17) is 4.74 Å². The molecule has 186 valence electrons. The van der Waals surface area contributed by atoms with Gasteiger partial charge in [0.25, 0.3) is 17.5 Å². The van der Waals surface area contributed by atoms with E-state index in [2.05, 4.69) is 10.6 Å². The molecule has 0 spiro atoms. The Balaban J connectivity index is 1.78. The molecule has 0 atom stereocenters. The number of non-ortho nitro benzene ring substituents is 1. The van der Waals surface area contributed by atoms with Crippen molar-refractivity contribution in [3.05, 3.63) is 81.4 Å².